The topological polar surface area (TPSA) is 57.3 Å². The molecule has 3 rings (SSSR count). The van der Waals surface area contributed by atoms with Crippen molar-refractivity contribution in [3.63, 3.8) is 0 Å². The fourth-order valence-corrected chi connectivity index (χ4v) is 3.20. The second kappa shape index (κ2) is 9.21. The van der Waals surface area contributed by atoms with Crippen LogP contribution in [-0.2, 0) is 0 Å². The van der Waals surface area contributed by atoms with Crippen LogP contribution in [0.1, 0.15) is 42.5 Å². The molecule has 1 aromatic carbocycles. The Hall–Kier alpha value is -2.82. The summed E-state index contributed by atoms with van der Waals surface area (Å²) in [5, 5.41) is 6.27. The Morgan fingerprint density at radius 1 is 1.15 bits per heavy atom. The number of aromatic nitrogens is 1. The number of hydrogen-bond acceptors (Lipinski definition) is 4. The highest BCUT2D eigenvalue weighted by Gasteiger charge is 2.08. The molecular weight excluding hydrogens is 336 g/mol. The molecule has 1 heterocycles. The van der Waals surface area contributed by atoms with Crippen molar-refractivity contribution in [3.8, 4) is 0 Å². The lowest BCUT2D eigenvalue weighted by Gasteiger charge is -2.14. The SMILES string of the molecule is CN(C)c1ccc(Nc2cc(C(=O)NCCC3=CCCCC3)ccn2)cc1. The molecule has 0 bridgehead atoms. The standard InChI is InChI=1S/C22H28N4O/c1-26(2)20-10-8-19(9-11-20)25-21-16-18(13-15-23-21)22(27)24-14-12-17-6-4-3-5-7-17/h6,8-11,13,15-16H,3-5,7,12,14H2,1-2H3,(H,23,25)(H,24,27). The van der Waals surface area contributed by atoms with E-state index in [9.17, 15) is 4.79 Å². The minimum absolute atomic E-state index is 0.0557. The maximum atomic E-state index is 12.4. The molecule has 1 aliphatic carbocycles. The molecule has 0 atom stereocenters. The predicted molar refractivity (Wildman–Crippen MR) is 112 cm³/mol. The highest BCUT2D eigenvalue weighted by atomic mass is 16.1. The van der Waals surface area contributed by atoms with Gasteiger partial charge in [-0.2, -0.15) is 0 Å². The molecule has 1 aliphatic rings. The maximum Gasteiger partial charge on any atom is 0.251 e. The first-order chi connectivity index (χ1) is 13.1. The highest BCUT2D eigenvalue weighted by Crippen LogP contribution is 2.20. The van der Waals surface area contributed by atoms with E-state index >= 15 is 0 Å². The third-order valence-electron chi connectivity index (χ3n) is 4.79. The molecule has 1 amide bonds. The number of anilines is 3. The van der Waals surface area contributed by atoms with E-state index in [2.05, 4.69) is 26.6 Å². The molecule has 5 nitrogen and oxygen atoms in total. The number of nitrogens with zero attached hydrogens (tertiary/aromatic N) is 2. The molecule has 2 N–H and O–H groups in total. The summed E-state index contributed by atoms with van der Waals surface area (Å²) in [6, 6.07) is 11.6. The number of allylic oxidation sites excluding steroid dienone is 1. The molecule has 0 fully saturated rings. The van der Waals surface area contributed by atoms with Gasteiger partial charge < -0.3 is 15.5 Å². The molecule has 0 aliphatic heterocycles. The zero-order chi connectivity index (χ0) is 19.1. The zero-order valence-electron chi connectivity index (χ0n) is 16.2. The van der Waals surface area contributed by atoms with Crippen molar-refractivity contribution in [1.82, 2.24) is 10.3 Å². The Kier molecular flexibility index (Phi) is 6.47. The van der Waals surface area contributed by atoms with Gasteiger partial charge in [-0.1, -0.05) is 11.6 Å². The second-order valence-corrected chi connectivity index (χ2v) is 7.11. The lowest BCUT2D eigenvalue weighted by molar-refractivity contribution is 0.0954. The first kappa shape index (κ1) is 19.0. The smallest absolute Gasteiger partial charge is 0.251 e. The van der Waals surface area contributed by atoms with Crippen LogP contribution in [0.3, 0.4) is 0 Å². The van der Waals surface area contributed by atoms with Crippen molar-refractivity contribution < 1.29 is 4.79 Å². The molecule has 27 heavy (non-hydrogen) atoms. The molecule has 2 aromatic rings. The molecule has 142 valence electrons. The van der Waals surface area contributed by atoms with Crippen molar-refractivity contribution in [2.45, 2.75) is 32.1 Å². The van der Waals surface area contributed by atoms with Crippen molar-refractivity contribution in [3.05, 3.63) is 59.8 Å². The average Bonchev–Trinajstić information content (AvgIpc) is 2.69. The van der Waals surface area contributed by atoms with E-state index in [1.807, 2.05) is 38.4 Å². The summed E-state index contributed by atoms with van der Waals surface area (Å²) in [5.74, 6) is 0.607. The van der Waals surface area contributed by atoms with Crippen molar-refractivity contribution in [1.29, 1.82) is 0 Å². The quantitative estimate of drug-likeness (QED) is 0.710. The lowest BCUT2D eigenvalue weighted by Crippen LogP contribution is -2.25. The minimum Gasteiger partial charge on any atom is -0.378 e. The summed E-state index contributed by atoms with van der Waals surface area (Å²) in [7, 11) is 4.02. The van der Waals surface area contributed by atoms with Crippen molar-refractivity contribution >= 4 is 23.1 Å². The van der Waals surface area contributed by atoms with Gasteiger partial charge in [-0.05, 0) is 68.5 Å². The summed E-state index contributed by atoms with van der Waals surface area (Å²) < 4.78 is 0. The van der Waals surface area contributed by atoms with Crippen LogP contribution in [0.4, 0.5) is 17.2 Å². The van der Waals surface area contributed by atoms with E-state index in [1.54, 1.807) is 18.3 Å². The molecule has 0 spiro atoms. The summed E-state index contributed by atoms with van der Waals surface area (Å²) in [4.78, 5) is 18.8. The monoisotopic (exact) mass is 364 g/mol. The summed E-state index contributed by atoms with van der Waals surface area (Å²) in [6.45, 7) is 0.682. The maximum absolute atomic E-state index is 12.4. The number of rotatable bonds is 7. The Morgan fingerprint density at radius 2 is 1.96 bits per heavy atom. The number of amides is 1. The van der Waals surface area contributed by atoms with Crippen LogP contribution in [0.25, 0.3) is 0 Å². The molecular formula is C22H28N4O. The molecule has 5 heteroatoms. The van der Waals surface area contributed by atoms with E-state index in [4.69, 9.17) is 0 Å². The largest absolute Gasteiger partial charge is 0.378 e. The van der Waals surface area contributed by atoms with Gasteiger partial charge in [-0.25, -0.2) is 4.98 Å². The van der Waals surface area contributed by atoms with Gasteiger partial charge in [0.05, 0.1) is 0 Å². The Morgan fingerprint density at radius 3 is 2.67 bits per heavy atom. The van der Waals surface area contributed by atoms with Crippen LogP contribution in [0, 0.1) is 0 Å². The van der Waals surface area contributed by atoms with Gasteiger partial charge in [0.15, 0.2) is 0 Å². The number of benzene rings is 1. The van der Waals surface area contributed by atoms with Gasteiger partial charge in [0, 0.05) is 43.8 Å². The zero-order valence-corrected chi connectivity index (χ0v) is 16.2. The third kappa shape index (κ3) is 5.58. The minimum atomic E-state index is -0.0557. The number of carbonyl (C=O) groups is 1. The molecule has 1 aromatic heterocycles. The summed E-state index contributed by atoms with van der Waals surface area (Å²) in [5.41, 5.74) is 4.17. The fourth-order valence-electron chi connectivity index (χ4n) is 3.20. The van der Waals surface area contributed by atoms with Crippen LogP contribution in [0.15, 0.2) is 54.2 Å². The first-order valence-corrected chi connectivity index (χ1v) is 9.58. The second-order valence-electron chi connectivity index (χ2n) is 7.11. The average molecular weight is 364 g/mol. The van der Waals surface area contributed by atoms with Gasteiger partial charge in [0.2, 0.25) is 0 Å². The number of nitrogens with one attached hydrogen (secondary N) is 2. The Labute approximate surface area is 161 Å². The van der Waals surface area contributed by atoms with Gasteiger partial charge >= 0.3 is 0 Å². The van der Waals surface area contributed by atoms with Crippen LogP contribution >= 0.6 is 0 Å². The third-order valence-corrected chi connectivity index (χ3v) is 4.79. The van der Waals surface area contributed by atoms with Crippen molar-refractivity contribution in [2.24, 2.45) is 0 Å². The van der Waals surface area contributed by atoms with Crippen LogP contribution in [0.2, 0.25) is 0 Å². The molecule has 0 unspecified atom stereocenters. The highest BCUT2D eigenvalue weighted by molar-refractivity contribution is 5.94. The molecule has 0 saturated carbocycles. The molecule has 0 saturated heterocycles. The van der Waals surface area contributed by atoms with E-state index in [-0.39, 0.29) is 5.91 Å². The van der Waals surface area contributed by atoms with Crippen LogP contribution in [-0.4, -0.2) is 31.5 Å². The van der Waals surface area contributed by atoms with Crippen LogP contribution < -0.4 is 15.5 Å². The molecule has 0 radical (unpaired) electrons. The predicted octanol–water partition coefficient (Wildman–Crippen LogP) is 4.51. The first-order valence-electron chi connectivity index (χ1n) is 9.58. The number of carbonyl (C=O) groups excluding carboxylic acids is 1. The fraction of sp³-hybridized carbons (Fsp3) is 0.364. The van der Waals surface area contributed by atoms with Gasteiger partial charge in [-0.3, -0.25) is 4.79 Å². The number of hydrogen-bond donors (Lipinski definition) is 2. The van der Waals surface area contributed by atoms with Gasteiger partial charge in [0.25, 0.3) is 5.91 Å². The normalized spacial score (nSPS) is 13.6. The lowest BCUT2D eigenvalue weighted by atomic mass is 9.97. The summed E-state index contributed by atoms with van der Waals surface area (Å²) >= 11 is 0. The van der Waals surface area contributed by atoms with Crippen molar-refractivity contribution in [2.75, 3.05) is 30.9 Å². The van der Waals surface area contributed by atoms with Gasteiger partial charge in [0.1, 0.15) is 5.82 Å². The van der Waals surface area contributed by atoms with E-state index in [0.29, 0.717) is 17.9 Å². The van der Waals surface area contributed by atoms with Gasteiger partial charge in [-0.15, -0.1) is 0 Å². The van der Waals surface area contributed by atoms with E-state index in [0.717, 1.165) is 17.8 Å². The Bertz CT molecular complexity index is 796. The number of pyridine rings is 1. The Balaban J connectivity index is 1.55. The summed E-state index contributed by atoms with van der Waals surface area (Å²) in [6.07, 6.45) is 9.85. The van der Waals surface area contributed by atoms with Crippen LogP contribution in [0.5, 0.6) is 0 Å². The van der Waals surface area contributed by atoms with E-state index in [1.165, 1.54) is 31.3 Å². The van der Waals surface area contributed by atoms with E-state index < -0.39 is 0 Å².